The van der Waals surface area contributed by atoms with Crippen LogP contribution in [0.2, 0.25) is 0 Å². The predicted molar refractivity (Wildman–Crippen MR) is 407 cm³/mol. The van der Waals surface area contributed by atoms with Crippen LogP contribution in [-0.2, 0) is 76.1 Å². The van der Waals surface area contributed by atoms with Crippen molar-refractivity contribution >= 4 is 35.6 Å². The van der Waals surface area contributed by atoms with Gasteiger partial charge >= 0.3 is 11.9 Å². The number of nitrogens with one attached hydrogen (secondary N) is 4. The normalized spacial score (nSPS) is 33.4. The van der Waals surface area contributed by atoms with E-state index >= 15 is 0 Å². The first-order valence-corrected chi connectivity index (χ1v) is 41.4. The SMILES string of the molecule is CCCCCCCC/C=C\CCCCCCCC(=O)N[C@@H](CO[C@@H]1O[C@H](CO)[C@@H](O[C@@H]2O[C@H](CO)[C@H](O[C@@H]3O[C@H](CO)[C@H](O)[C@H](O)[C@H]3NC(C)=O)[C@H](O[C@]3(C(=O)O)C[C@H](O)[C@@H](NC(C)=O)C([C@H](O)[C@@H](CO)O[C@]4(C(=O)O)C[C@H](O)[C@@H](NC(C)=O)C([C@H](O)[C@H](O)CO)O4)O3)[C@H]2O)[C@H](O)[C@H]1O)[C@H](O)/C=C/CCCCCCCCCCCCC. The zero-order valence-electron chi connectivity index (χ0n) is 67.5. The lowest BCUT2D eigenvalue weighted by molar-refractivity contribution is -0.402. The summed E-state index contributed by atoms with van der Waals surface area (Å²) in [6.07, 6.45) is -18.3. The van der Waals surface area contributed by atoms with E-state index < -0.39 is 265 Å². The molecule has 0 spiro atoms. The predicted octanol–water partition coefficient (Wildman–Crippen LogP) is -1.92. The number of carbonyl (C=O) groups excluding carboxylic acids is 4. The number of ether oxygens (including phenoxy) is 10. The minimum absolute atomic E-state index is 0.0986. The van der Waals surface area contributed by atoms with Crippen molar-refractivity contribution in [2.75, 3.05) is 39.6 Å². The maximum absolute atomic E-state index is 14.2. The van der Waals surface area contributed by atoms with E-state index in [0.717, 1.165) is 91.4 Å². The van der Waals surface area contributed by atoms with Crippen molar-refractivity contribution in [1.29, 1.82) is 0 Å². The molecule has 4 amide bonds. The highest BCUT2D eigenvalue weighted by Gasteiger charge is 2.64. The standard InChI is InChI=1S/C78H136N4O34/c1-6-8-10-12-14-16-18-20-21-23-25-27-29-31-33-35-56(95)82-47(48(91)34-32-30-28-26-24-22-19-17-15-13-11-9-7-2)43-107-73-65(101)64(100)67(54(41-86)109-73)111-74-66(102)71(68(55(42-87)110-74)112-72-59(81-46(5)90)63(99)61(97)52(39-84)108-72)116-78(76(105)106)37-50(93)58(80-45(4)89)70(115-78)62(98)53(40-85)113-77(75(103)104)36-49(92)57(79-44(3)88)69(114-77)60(96)51(94)38-83/h20-21,32,34,47-55,57-74,83-87,91-94,96-102H,6-19,22-31,33,35-43H2,1-5H3,(H,79,88)(H,80,89)(H,81,90)(H,82,95)(H,103,104)(H,105,106)/b21-20-,34-32+/t47-,48+,49-,50-,51+,52+,53+,54+,55+,57+,58+,59+,60+,61-,62+,63+,64+,65+,66+,67+,68-,69?,70?,71+,72-,73+,74-,77+,78-/m0/s1. The quantitative estimate of drug-likeness (QED) is 0.0233. The van der Waals surface area contributed by atoms with Crippen LogP contribution in [0.5, 0.6) is 0 Å². The summed E-state index contributed by atoms with van der Waals surface area (Å²) in [4.78, 5) is 79.0. The highest BCUT2D eigenvalue weighted by atomic mass is 16.8. The number of allylic oxidation sites excluding steroid dienone is 3. The zero-order valence-corrected chi connectivity index (χ0v) is 67.5. The molecule has 29 atom stereocenters. The summed E-state index contributed by atoms with van der Waals surface area (Å²) in [6, 6.07) is -6.83. The van der Waals surface area contributed by atoms with Crippen molar-refractivity contribution in [3.05, 3.63) is 24.3 Å². The Morgan fingerprint density at radius 2 is 0.905 bits per heavy atom. The fourth-order valence-corrected chi connectivity index (χ4v) is 15.1. The van der Waals surface area contributed by atoms with E-state index in [9.17, 15) is 121 Å². The van der Waals surface area contributed by atoms with E-state index in [0.29, 0.717) is 12.8 Å². The van der Waals surface area contributed by atoms with Crippen molar-refractivity contribution in [3.63, 3.8) is 0 Å². The van der Waals surface area contributed by atoms with Crippen LogP contribution < -0.4 is 21.3 Å². The zero-order chi connectivity index (χ0) is 85.8. The number of carbonyl (C=O) groups is 6. The minimum Gasteiger partial charge on any atom is -0.477 e. The summed E-state index contributed by atoms with van der Waals surface area (Å²) < 4.78 is 59.9. The van der Waals surface area contributed by atoms with Crippen molar-refractivity contribution in [3.8, 4) is 0 Å². The highest BCUT2D eigenvalue weighted by molar-refractivity contribution is 5.78. The summed E-state index contributed by atoms with van der Waals surface area (Å²) in [6.45, 7) is 0.487. The molecule has 5 rings (SSSR count). The lowest BCUT2D eigenvalue weighted by atomic mass is 9.87. The molecule has 5 aliphatic heterocycles. The molecule has 2 unspecified atom stereocenters. The van der Waals surface area contributed by atoms with E-state index in [-0.39, 0.29) is 6.42 Å². The number of aliphatic carboxylic acids is 2. The summed E-state index contributed by atoms with van der Waals surface area (Å²) in [5.74, 6) is -14.6. The number of aliphatic hydroxyl groups excluding tert-OH is 16. The van der Waals surface area contributed by atoms with Gasteiger partial charge in [0.15, 0.2) is 18.9 Å². The molecule has 5 saturated heterocycles. The average molecular weight is 1670 g/mol. The second kappa shape index (κ2) is 52.6. The Bertz CT molecular complexity index is 2910. The molecule has 0 aromatic rings. The summed E-state index contributed by atoms with van der Waals surface area (Å²) in [7, 11) is 0. The van der Waals surface area contributed by atoms with Crippen LogP contribution in [-0.4, -0.2) is 344 Å². The van der Waals surface area contributed by atoms with Crippen molar-refractivity contribution in [2.45, 2.75) is 391 Å². The summed E-state index contributed by atoms with van der Waals surface area (Å²) >= 11 is 0. The van der Waals surface area contributed by atoms with Gasteiger partial charge in [-0.25, -0.2) is 9.59 Å². The topological polar surface area (TPSA) is 607 Å². The second-order valence-electron chi connectivity index (χ2n) is 31.1. The highest BCUT2D eigenvalue weighted by Crippen LogP contribution is 2.42. The van der Waals surface area contributed by atoms with Gasteiger partial charge in [-0.15, -0.1) is 0 Å². The molecule has 38 nitrogen and oxygen atoms in total. The van der Waals surface area contributed by atoms with Gasteiger partial charge in [0.2, 0.25) is 23.6 Å². The van der Waals surface area contributed by atoms with Crippen molar-refractivity contribution in [2.24, 2.45) is 0 Å². The molecule has 38 heteroatoms. The number of amides is 4. The van der Waals surface area contributed by atoms with Crippen molar-refractivity contribution < 1.29 is 168 Å². The van der Waals surface area contributed by atoms with Gasteiger partial charge in [-0.3, -0.25) is 19.2 Å². The Morgan fingerprint density at radius 1 is 0.466 bits per heavy atom. The number of aliphatic hydroxyl groups is 16. The lowest BCUT2D eigenvalue weighted by Gasteiger charge is -2.52. The molecule has 0 aliphatic carbocycles. The molecule has 22 N–H and O–H groups in total. The molecule has 0 bridgehead atoms. The molecule has 0 radical (unpaired) electrons. The molecular formula is C78H136N4O34. The average Bonchev–Trinajstić information content (AvgIpc) is 0.751. The van der Waals surface area contributed by atoms with Crippen LogP contribution in [0.1, 0.15) is 214 Å². The van der Waals surface area contributed by atoms with Crippen molar-refractivity contribution in [1.82, 2.24) is 21.3 Å². The molecule has 0 saturated carbocycles. The molecule has 672 valence electrons. The van der Waals surface area contributed by atoms with Gasteiger partial charge in [0.05, 0.1) is 76.1 Å². The van der Waals surface area contributed by atoms with E-state index in [1.165, 1.54) is 83.1 Å². The molecule has 0 aromatic heterocycles. The molecule has 116 heavy (non-hydrogen) atoms. The molecule has 0 aromatic carbocycles. The van der Waals surface area contributed by atoms with E-state index in [2.05, 4.69) is 47.3 Å². The molecule has 5 fully saturated rings. The van der Waals surface area contributed by atoms with Gasteiger partial charge in [0.25, 0.3) is 11.6 Å². The van der Waals surface area contributed by atoms with Gasteiger partial charge in [0.1, 0.15) is 110 Å². The number of carboxylic acids is 2. The Hall–Kier alpha value is -4.74. The fraction of sp³-hybridized carbons (Fsp3) is 0.872. The molecule has 5 aliphatic rings. The number of unbranched alkanes of at least 4 members (excludes halogenated alkanes) is 22. The first-order valence-electron chi connectivity index (χ1n) is 41.4. The van der Waals surface area contributed by atoms with Gasteiger partial charge in [-0.2, -0.15) is 0 Å². The number of hydrogen-bond donors (Lipinski definition) is 22. The van der Waals surface area contributed by atoms with Crippen LogP contribution in [0.3, 0.4) is 0 Å². The van der Waals surface area contributed by atoms with E-state index in [4.69, 9.17) is 47.4 Å². The lowest BCUT2D eigenvalue weighted by Crippen LogP contribution is -2.72. The van der Waals surface area contributed by atoms with E-state index in [1.807, 2.05) is 0 Å². The Labute approximate surface area is 677 Å². The largest absolute Gasteiger partial charge is 0.477 e. The fourth-order valence-electron chi connectivity index (χ4n) is 15.1. The number of carboxylic acid groups (broad SMARTS) is 2. The van der Waals surface area contributed by atoms with Gasteiger partial charge in [-0.05, 0) is 44.9 Å². The third kappa shape index (κ3) is 30.7. The Morgan fingerprint density at radius 3 is 1.40 bits per heavy atom. The van der Waals surface area contributed by atoms with Crippen LogP contribution >= 0.6 is 0 Å². The van der Waals surface area contributed by atoms with Gasteiger partial charge < -0.3 is 161 Å². The Balaban J connectivity index is 1.45. The van der Waals surface area contributed by atoms with Crippen LogP contribution in [0.4, 0.5) is 0 Å². The first-order chi connectivity index (χ1) is 55.3. The molecular weight excluding hydrogens is 1540 g/mol. The maximum Gasteiger partial charge on any atom is 0.364 e. The van der Waals surface area contributed by atoms with Crippen LogP contribution in [0, 0.1) is 0 Å². The first kappa shape index (κ1) is 102. The van der Waals surface area contributed by atoms with Crippen LogP contribution in [0.15, 0.2) is 24.3 Å². The maximum atomic E-state index is 14.2. The number of rotatable bonds is 55. The summed E-state index contributed by atoms with van der Waals surface area (Å²) in [5.41, 5.74) is 0. The smallest absolute Gasteiger partial charge is 0.364 e. The minimum atomic E-state index is -3.59. The Kier molecular flexibility index (Phi) is 46.1. The number of hydrogen-bond acceptors (Lipinski definition) is 32. The van der Waals surface area contributed by atoms with Gasteiger partial charge in [-0.1, -0.05) is 154 Å². The summed E-state index contributed by atoms with van der Waals surface area (Å²) in [5, 5.41) is 213. The third-order valence-electron chi connectivity index (χ3n) is 21.6. The third-order valence-corrected chi connectivity index (χ3v) is 21.6. The monoisotopic (exact) mass is 1670 g/mol. The molecule has 5 heterocycles. The van der Waals surface area contributed by atoms with Crippen LogP contribution in [0.25, 0.3) is 0 Å². The second-order valence-corrected chi connectivity index (χ2v) is 31.1. The van der Waals surface area contributed by atoms with Gasteiger partial charge in [0, 0.05) is 40.0 Å². The van der Waals surface area contributed by atoms with E-state index in [1.54, 1.807) is 6.08 Å².